The van der Waals surface area contributed by atoms with Gasteiger partial charge in [-0.2, -0.15) is 0 Å². The van der Waals surface area contributed by atoms with Crippen LogP contribution < -0.4 is 0 Å². The first-order valence-electron chi connectivity index (χ1n) is 4.26. The van der Waals surface area contributed by atoms with Gasteiger partial charge in [-0.1, -0.05) is 0 Å². The molecule has 2 heteroatoms. The molecule has 1 aromatic heterocycles. The molecule has 2 atom stereocenters. The van der Waals surface area contributed by atoms with Crippen molar-refractivity contribution >= 4 is 0 Å². The average molecular weight is 146 g/mol. The molecule has 1 fully saturated rings. The van der Waals surface area contributed by atoms with Crippen molar-refractivity contribution in [2.75, 3.05) is 0 Å². The summed E-state index contributed by atoms with van der Waals surface area (Å²) < 4.78 is 0. The Morgan fingerprint density at radius 3 is 2.09 bits per heavy atom. The molecule has 1 aromatic rings. The van der Waals surface area contributed by atoms with Gasteiger partial charge in [0.15, 0.2) is 0 Å². The number of hydrogen-bond donors (Lipinski definition) is 0. The Morgan fingerprint density at radius 1 is 1.00 bits per heavy atom. The van der Waals surface area contributed by atoms with Crippen molar-refractivity contribution in [2.24, 2.45) is 0 Å². The minimum absolute atomic E-state index is 0.753. The zero-order chi connectivity index (χ0) is 7.26. The smallest absolute Gasteiger partial charge is 0.0652 e. The number of fused-ring (bicyclic) bond motifs is 5. The minimum atomic E-state index is 0.753. The van der Waals surface area contributed by atoms with Crippen LogP contribution >= 0.6 is 0 Å². The Morgan fingerprint density at radius 2 is 1.55 bits per heavy atom. The van der Waals surface area contributed by atoms with Gasteiger partial charge in [-0.25, -0.2) is 0 Å². The third kappa shape index (κ3) is 0.621. The van der Waals surface area contributed by atoms with Gasteiger partial charge in [0.1, 0.15) is 0 Å². The number of aromatic nitrogens is 2. The van der Waals surface area contributed by atoms with E-state index in [-0.39, 0.29) is 0 Å². The van der Waals surface area contributed by atoms with Crippen molar-refractivity contribution in [2.45, 2.75) is 31.1 Å². The summed E-state index contributed by atoms with van der Waals surface area (Å²) in [6.07, 6.45) is 7.64. The molecular weight excluding hydrogens is 136 g/mol. The fourth-order valence-electron chi connectivity index (χ4n) is 2.47. The minimum Gasteiger partial charge on any atom is -0.257 e. The molecule has 2 bridgehead atoms. The van der Waals surface area contributed by atoms with Gasteiger partial charge < -0.3 is 0 Å². The standard InChI is InChI=1S/C9H10N2/c1-2-7-5-6(1)8-9(7)11-4-3-10-8/h3-4,6-7H,1-2,5H2/t6-,7+. The van der Waals surface area contributed by atoms with E-state index in [1.807, 2.05) is 12.4 Å². The Kier molecular flexibility index (Phi) is 0.939. The summed E-state index contributed by atoms with van der Waals surface area (Å²) in [5.74, 6) is 1.51. The second-order valence-electron chi connectivity index (χ2n) is 3.53. The molecule has 0 amide bonds. The maximum Gasteiger partial charge on any atom is 0.0652 e. The summed E-state index contributed by atoms with van der Waals surface area (Å²) in [5, 5.41) is 0. The van der Waals surface area contributed by atoms with E-state index in [1.165, 1.54) is 30.7 Å². The molecule has 56 valence electrons. The predicted octanol–water partition coefficient (Wildman–Crippen LogP) is 1.84. The Balaban J connectivity index is 2.23. The molecule has 0 unspecified atom stereocenters. The molecular formula is C9H10N2. The molecule has 2 aliphatic rings. The van der Waals surface area contributed by atoms with Gasteiger partial charge in [0, 0.05) is 24.2 Å². The first kappa shape index (κ1) is 5.70. The molecule has 1 heterocycles. The van der Waals surface area contributed by atoms with E-state index >= 15 is 0 Å². The van der Waals surface area contributed by atoms with Crippen LogP contribution in [0.15, 0.2) is 12.4 Å². The topological polar surface area (TPSA) is 25.8 Å². The summed E-state index contributed by atoms with van der Waals surface area (Å²) in [5.41, 5.74) is 2.59. The van der Waals surface area contributed by atoms with E-state index in [2.05, 4.69) is 9.97 Å². The maximum atomic E-state index is 4.38. The molecule has 3 rings (SSSR count). The highest BCUT2D eigenvalue weighted by Gasteiger charge is 2.38. The number of nitrogens with zero attached hydrogens (tertiary/aromatic N) is 2. The largest absolute Gasteiger partial charge is 0.257 e. The van der Waals surface area contributed by atoms with Crippen molar-refractivity contribution in [1.82, 2.24) is 9.97 Å². The van der Waals surface area contributed by atoms with Gasteiger partial charge in [0.2, 0.25) is 0 Å². The van der Waals surface area contributed by atoms with Gasteiger partial charge in [0.25, 0.3) is 0 Å². The van der Waals surface area contributed by atoms with Crippen LogP contribution in [-0.4, -0.2) is 9.97 Å². The van der Waals surface area contributed by atoms with E-state index in [0.29, 0.717) is 0 Å². The summed E-state index contributed by atoms with van der Waals surface area (Å²) in [6, 6.07) is 0. The monoisotopic (exact) mass is 146 g/mol. The first-order valence-corrected chi connectivity index (χ1v) is 4.26. The molecule has 0 N–H and O–H groups in total. The SMILES string of the molecule is c1cnc2c(n1)[C@@H]1CC[C@H]2C1. The van der Waals surface area contributed by atoms with Crippen LogP contribution in [0, 0.1) is 0 Å². The highest BCUT2D eigenvalue weighted by molar-refractivity contribution is 5.30. The molecule has 0 saturated heterocycles. The average Bonchev–Trinajstić information content (AvgIpc) is 2.64. The fourth-order valence-corrected chi connectivity index (χ4v) is 2.47. The number of rotatable bonds is 0. The quantitative estimate of drug-likeness (QED) is 0.558. The molecule has 0 aliphatic heterocycles. The van der Waals surface area contributed by atoms with Crippen LogP contribution in [0.25, 0.3) is 0 Å². The van der Waals surface area contributed by atoms with Crippen molar-refractivity contribution < 1.29 is 0 Å². The Labute approximate surface area is 65.7 Å². The normalized spacial score (nSPS) is 32.4. The van der Waals surface area contributed by atoms with Crippen molar-refractivity contribution in [3.05, 3.63) is 23.8 Å². The van der Waals surface area contributed by atoms with Crippen LogP contribution in [0.4, 0.5) is 0 Å². The first-order chi connectivity index (χ1) is 5.45. The van der Waals surface area contributed by atoms with E-state index < -0.39 is 0 Å². The zero-order valence-corrected chi connectivity index (χ0v) is 6.33. The van der Waals surface area contributed by atoms with Gasteiger partial charge in [-0.3, -0.25) is 9.97 Å². The van der Waals surface area contributed by atoms with Gasteiger partial charge in [-0.15, -0.1) is 0 Å². The predicted molar refractivity (Wildman–Crippen MR) is 41.4 cm³/mol. The maximum absolute atomic E-state index is 4.38. The van der Waals surface area contributed by atoms with Crippen molar-refractivity contribution in [1.29, 1.82) is 0 Å². The lowest BCUT2D eigenvalue weighted by molar-refractivity contribution is 0.679. The summed E-state index contributed by atoms with van der Waals surface area (Å²) in [6.45, 7) is 0. The number of hydrogen-bond acceptors (Lipinski definition) is 2. The van der Waals surface area contributed by atoms with Gasteiger partial charge in [0.05, 0.1) is 11.4 Å². The summed E-state index contributed by atoms with van der Waals surface area (Å²) >= 11 is 0. The molecule has 0 radical (unpaired) electrons. The third-order valence-electron chi connectivity index (χ3n) is 2.96. The van der Waals surface area contributed by atoms with Crippen molar-refractivity contribution in [3.8, 4) is 0 Å². The van der Waals surface area contributed by atoms with Crippen molar-refractivity contribution in [3.63, 3.8) is 0 Å². The lowest BCUT2D eigenvalue weighted by Gasteiger charge is -2.10. The van der Waals surface area contributed by atoms with Crippen LogP contribution in [0.2, 0.25) is 0 Å². The lowest BCUT2D eigenvalue weighted by Crippen LogP contribution is -2.02. The highest BCUT2D eigenvalue weighted by atomic mass is 14.8. The lowest BCUT2D eigenvalue weighted by atomic mass is 10.0. The second kappa shape index (κ2) is 1.81. The third-order valence-corrected chi connectivity index (χ3v) is 2.96. The molecule has 0 spiro atoms. The van der Waals surface area contributed by atoms with E-state index in [9.17, 15) is 0 Å². The van der Waals surface area contributed by atoms with Gasteiger partial charge in [-0.05, 0) is 19.3 Å². The zero-order valence-electron chi connectivity index (χ0n) is 6.33. The highest BCUT2D eigenvalue weighted by Crippen LogP contribution is 2.50. The second-order valence-corrected chi connectivity index (χ2v) is 3.53. The molecule has 11 heavy (non-hydrogen) atoms. The fraction of sp³-hybridized carbons (Fsp3) is 0.556. The summed E-state index contributed by atoms with van der Waals surface area (Å²) in [7, 11) is 0. The molecule has 2 aliphatic carbocycles. The molecule has 2 nitrogen and oxygen atoms in total. The summed E-state index contributed by atoms with van der Waals surface area (Å²) in [4.78, 5) is 8.76. The Bertz CT molecular complexity index is 266. The van der Waals surface area contributed by atoms with Crippen LogP contribution in [0.3, 0.4) is 0 Å². The van der Waals surface area contributed by atoms with E-state index in [4.69, 9.17) is 0 Å². The van der Waals surface area contributed by atoms with E-state index in [0.717, 1.165) is 11.8 Å². The van der Waals surface area contributed by atoms with E-state index in [1.54, 1.807) is 0 Å². The molecule has 0 aromatic carbocycles. The van der Waals surface area contributed by atoms with Crippen LogP contribution in [0.5, 0.6) is 0 Å². The molecule has 1 saturated carbocycles. The van der Waals surface area contributed by atoms with Crippen LogP contribution in [0.1, 0.15) is 42.5 Å². The van der Waals surface area contributed by atoms with Crippen LogP contribution in [-0.2, 0) is 0 Å². The van der Waals surface area contributed by atoms with Gasteiger partial charge >= 0.3 is 0 Å². The Hall–Kier alpha value is -0.920.